The minimum Gasteiger partial charge on any atom is -0.252 e. The predicted molar refractivity (Wildman–Crippen MR) is 57.4 cm³/mol. The van der Waals surface area contributed by atoms with Gasteiger partial charge in [0.25, 0.3) is 0 Å². The van der Waals surface area contributed by atoms with Crippen LogP contribution in [-0.4, -0.2) is 16.5 Å². The van der Waals surface area contributed by atoms with E-state index in [0.717, 1.165) is 5.69 Å². The van der Waals surface area contributed by atoms with E-state index in [1.165, 1.54) is 0 Å². The summed E-state index contributed by atoms with van der Waals surface area (Å²) in [5.74, 6) is 0. The van der Waals surface area contributed by atoms with Crippen molar-refractivity contribution < 1.29 is 0 Å². The molecule has 0 atom stereocenters. The molecule has 0 fully saturated rings. The molecular formula is C8H8BrN5. The van der Waals surface area contributed by atoms with Gasteiger partial charge in [-0.3, -0.25) is 4.98 Å². The van der Waals surface area contributed by atoms with Gasteiger partial charge in [0.2, 0.25) is 0 Å². The third kappa shape index (κ3) is 4.02. The third-order valence-corrected chi connectivity index (χ3v) is 1.80. The number of hydrogen-bond donors (Lipinski definition) is 0. The Morgan fingerprint density at radius 2 is 2.36 bits per heavy atom. The summed E-state index contributed by atoms with van der Waals surface area (Å²) in [5.41, 5.74) is 8.81. The molecule has 0 aliphatic rings. The van der Waals surface area contributed by atoms with E-state index in [1.807, 2.05) is 12.2 Å². The molecule has 0 aliphatic heterocycles. The molecular weight excluding hydrogens is 246 g/mol. The maximum atomic E-state index is 8.02. The van der Waals surface area contributed by atoms with Crippen LogP contribution in [0.25, 0.3) is 16.5 Å². The van der Waals surface area contributed by atoms with Gasteiger partial charge in [-0.1, -0.05) is 11.2 Å². The molecule has 5 nitrogen and oxygen atoms in total. The molecule has 6 heteroatoms. The standard InChI is InChI=1S/C8H8BrN5/c9-8-6-11-7(5-12-8)3-1-2-4-13-14-10/h1,3,5-6H,2,4H2. The van der Waals surface area contributed by atoms with Crippen LogP contribution in [0.15, 0.2) is 28.2 Å². The SMILES string of the molecule is [N-]=[N+]=NCCC=Cc1cnc(Br)cn1. The summed E-state index contributed by atoms with van der Waals surface area (Å²) in [6, 6.07) is 0. The van der Waals surface area contributed by atoms with Crippen LogP contribution in [0, 0.1) is 0 Å². The maximum absolute atomic E-state index is 8.02. The Kier molecular flexibility index (Phi) is 4.68. The highest BCUT2D eigenvalue weighted by molar-refractivity contribution is 9.10. The lowest BCUT2D eigenvalue weighted by atomic mass is 10.3. The van der Waals surface area contributed by atoms with Crippen molar-refractivity contribution in [2.24, 2.45) is 5.11 Å². The van der Waals surface area contributed by atoms with Crippen LogP contribution >= 0.6 is 15.9 Å². The lowest BCUT2D eigenvalue weighted by molar-refractivity contribution is 0.994. The summed E-state index contributed by atoms with van der Waals surface area (Å²) in [5, 5.41) is 3.40. The van der Waals surface area contributed by atoms with E-state index in [4.69, 9.17) is 5.53 Å². The van der Waals surface area contributed by atoms with Crippen LogP contribution in [0.4, 0.5) is 0 Å². The average Bonchev–Trinajstić information content (AvgIpc) is 2.21. The van der Waals surface area contributed by atoms with Crippen LogP contribution in [0.5, 0.6) is 0 Å². The van der Waals surface area contributed by atoms with Crippen molar-refractivity contribution in [3.63, 3.8) is 0 Å². The average molecular weight is 254 g/mol. The highest BCUT2D eigenvalue weighted by atomic mass is 79.9. The number of nitrogens with zero attached hydrogens (tertiary/aromatic N) is 5. The molecule has 1 rings (SSSR count). The number of halogens is 1. The summed E-state index contributed by atoms with van der Waals surface area (Å²) in [7, 11) is 0. The van der Waals surface area contributed by atoms with E-state index >= 15 is 0 Å². The zero-order chi connectivity index (χ0) is 10.2. The summed E-state index contributed by atoms with van der Waals surface area (Å²) in [6.07, 6.45) is 7.74. The minimum absolute atomic E-state index is 0.469. The first-order chi connectivity index (χ1) is 6.83. The van der Waals surface area contributed by atoms with E-state index in [-0.39, 0.29) is 0 Å². The lowest BCUT2D eigenvalue weighted by Crippen LogP contribution is -1.83. The molecule has 14 heavy (non-hydrogen) atoms. The molecule has 72 valence electrons. The molecule has 1 aromatic rings. The molecule has 0 bridgehead atoms. The van der Waals surface area contributed by atoms with Crippen LogP contribution in [0.2, 0.25) is 0 Å². The quantitative estimate of drug-likeness (QED) is 0.358. The van der Waals surface area contributed by atoms with E-state index < -0.39 is 0 Å². The van der Waals surface area contributed by atoms with Crippen molar-refractivity contribution in [1.29, 1.82) is 0 Å². The van der Waals surface area contributed by atoms with Gasteiger partial charge in [0.1, 0.15) is 4.60 Å². The third-order valence-electron chi connectivity index (χ3n) is 1.39. The maximum Gasteiger partial charge on any atom is 0.124 e. The Balaban J connectivity index is 2.43. The van der Waals surface area contributed by atoms with Gasteiger partial charge in [-0.15, -0.1) is 0 Å². The largest absolute Gasteiger partial charge is 0.252 e. The number of hydrogen-bond acceptors (Lipinski definition) is 3. The Morgan fingerprint density at radius 3 is 3.00 bits per heavy atom. The molecule has 0 radical (unpaired) electrons. The van der Waals surface area contributed by atoms with E-state index in [2.05, 4.69) is 35.9 Å². The second-order valence-corrected chi connectivity index (χ2v) is 3.22. The number of rotatable bonds is 4. The van der Waals surface area contributed by atoms with Gasteiger partial charge >= 0.3 is 0 Å². The smallest absolute Gasteiger partial charge is 0.124 e. The predicted octanol–water partition coefficient (Wildman–Crippen LogP) is 2.95. The van der Waals surface area contributed by atoms with Crippen molar-refractivity contribution in [3.05, 3.63) is 39.2 Å². The molecule has 0 aliphatic carbocycles. The highest BCUT2D eigenvalue weighted by Gasteiger charge is 1.89. The number of aromatic nitrogens is 2. The summed E-state index contributed by atoms with van der Waals surface area (Å²) >= 11 is 3.19. The normalized spacial score (nSPS) is 10.1. The van der Waals surface area contributed by atoms with E-state index in [1.54, 1.807) is 12.4 Å². The topological polar surface area (TPSA) is 74.5 Å². The lowest BCUT2D eigenvalue weighted by Gasteiger charge is -1.91. The molecule has 0 unspecified atom stereocenters. The van der Waals surface area contributed by atoms with Gasteiger partial charge in [0.15, 0.2) is 0 Å². The first-order valence-corrected chi connectivity index (χ1v) is 4.77. The van der Waals surface area contributed by atoms with E-state index in [9.17, 15) is 0 Å². The highest BCUT2D eigenvalue weighted by Crippen LogP contribution is 2.04. The van der Waals surface area contributed by atoms with Crippen LogP contribution < -0.4 is 0 Å². The fraction of sp³-hybridized carbons (Fsp3) is 0.250. The Hall–Kier alpha value is -1.39. The van der Waals surface area contributed by atoms with Crippen LogP contribution in [0.1, 0.15) is 12.1 Å². The zero-order valence-electron chi connectivity index (χ0n) is 7.34. The fourth-order valence-corrected chi connectivity index (χ4v) is 0.994. The monoisotopic (exact) mass is 253 g/mol. The number of azide groups is 1. The summed E-state index contributed by atoms with van der Waals surface area (Å²) < 4.78 is 0.712. The van der Waals surface area contributed by atoms with Crippen molar-refractivity contribution in [3.8, 4) is 0 Å². The minimum atomic E-state index is 0.469. The Bertz CT molecular complexity index is 352. The Morgan fingerprint density at radius 1 is 1.50 bits per heavy atom. The molecule has 0 N–H and O–H groups in total. The first kappa shape index (κ1) is 10.7. The van der Waals surface area contributed by atoms with Gasteiger partial charge in [-0.2, -0.15) is 0 Å². The molecule has 0 amide bonds. The van der Waals surface area contributed by atoms with Crippen molar-refractivity contribution in [2.75, 3.05) is 6.54 Å². The van der Waals surface area contributed by atoms with Crippen molar-refractivity contribution in [1.82, 2.24) is 9.97 Å². The zero-order valence-corrected chi connectivity index (χ0v) is 8.92. The van der Waals surface area contributed by atoms with Gasteiger partial charge in [0.05, 0.1) is 18.1 Å². The van der Waals surface area contributed by atoms with Gasteiger partial charge in [-0.25, -0.2) is 4.98 Å². The van der Waals surface area contributed by atoms with E-state index in [0.29, 0.717) is 17.6 Å². The molecule has 0 aromatic carbocycles. The second-order valence-electron chi connectivity index (χ2n) is 2.41. The Labute approximate surface area is 89.6 Å². The first-order valence-electron chi connectivity index (χ1n) is 3.98. The molecule has 0 saturated heterocycles. The van der Waals surface area contributed by atoms with Crippen LogP contribution in [-0.2, 0) is 0 Å². The summed E-state index contributed by atoms with van der Waals surface area (Å²) in [6.45, 7) is 0.469. The molecule has 1 heterocycles. The van der Waals surface area contributed by atoms with Crippen molar-refractivity contribution in [2.45, 2.75) is 6.42 Å². The van der Waals surface area contributed by atoms with Gasteiger partial charge in [0, 0.05) is 11.5 Å². The molecule has 0 spiro atoms. The summed E-state index contributed by atoms with van der Waals surface area (Å²) in [4.78, 5) is 10.8. The molecule has 0 saturated carbocycles. The van der Waals surface area contributed by atoms with Crippen LogP contribution in [0.3, 0.4) is 0 Å². The van der Waals surface area contributed by atoms with Gasteiger partial charge in [-0.05, 0) is 34.0 Å². The van der Waals surface area contributed by atoms with Crippen molar-refractivity contribution >= 4 is 22.0 Å². The molecule has 1 aromatic heterocycles. The second kappa shape index (κ2) is 6.12. The fourth-order valence-electron chi connectivity index (χ4n) is 0.789. The van der Waals surface area contributed by atoms with Gasteiger partial charge < -0.3 is 0 Å².